The molecule has 6 heteroatoms. The molecule has 36 heavy (non-hydrogen) atoms. The van der Waals surface area contributed by atoms with Crippen molar-refractivity contribution in [2.75, 3.05) is 13.1 Å². The summed E-state index contributed by atoms with van der Waals surface area (Å²) in [7, 11) is 0. The number of ketones is 1. The fourth-order valence-electron chi connectivity index (χ4n) is 4.06. The number of amides is 1. The van der Waals surface area contributed by atoms with Crippen molar-refractivity contribution in [2.45, 2.75) is 39.3 Å². The van der Waals surface area contributed by atoms with Crippen LogP contribution >= 0.6 is 15.9 Å². The van der Waals surface area contributed by atoms with Crippen molar-refractivity contribution in [3.8, 4) is 0 Å². The van der Waals surface area contributed by atoms with E-state index in [4.69, 9.17) is 4.74 Å². The lowest BCUT2D eigenvalue weighted by Crippen LogP contribution is -2.33. The van der Waals surface area contributed by atoms with Crippen molar-refractivity contribution >= 4 is 27.6 Å². The first-order chi connectivity index (χ1) is 17.2. The summed E-state index contributed by atoms with van der Waals surface area (Å²) < 4.78 is 6.93. The molecule has 0 aliphatic carbocycles. The van der Waals surface area contributed by atoms with Crippen LogP contribution in [0, 0.1) is 0 Å². The highest BCUT2D eigenvalue weighted by Gasteiger charge is 2.44. The average Bonchev–Trinajstić information content (AvgIpc) is 3.12. The maximum atomic E-state index is 13.8. The number of rotatable bonds is 12. The summed E-state index contributed by atoms with van der Waals surface area (Å²) in [6.45, 7) is 14.5. The molecule has 3 rings (SSSR count). The molecule has 0 saturated heterocycles. The molecular formula is C30H33BrN2O3. The van der Waals surface area contributed by atoms with Crippen LogP contribution < -0.4 is 0 Å². The lowest BCUT2D eigenvalue weighted by Gasteiger charge is -2.28. The second-order valence-electron chi connectivity index (χ2n) is 8.99. The lowest BCUT2D eigenvalue weighted by atomic mass is 9.92. The topological polar surface area (TPSA) is 49.9 Å². The van der Waals surface area contributed by atoms with Gasteiger partial charge in [-0.1, -0.05) is 77.1 Å². The van der Waals surface area contributed by atoms with E-state index in [-0.39, 0.29) is 23.6 Å². The molecule has 5 nitrogen and oxygen atoms in total. The Labute approximate surface area is 222 Å². The molecule has 188 valence electrons. The number of hydrogen-bond donors (Lipinski definition) is 0. The standard InChI is InChI=1S/C30H33BrN2O3/c1-6-32(20-17-21(2)3)18-10-19-33-27(23-13-15-25(31)16-14-23)26(29(30(33)35)36-22(4)5)28(34)24-11-8-7-9-12-24/h6-9,11-17,20,22,27H,1-2,10,18-19H2,3-5H3/b20-17-. The van der Waals surface area contributed by atoms with E-state index in [1.165, 1.54) is 0 Å². The van der Waals surface area contributed by atoms with E-state index >= 15 is 0 Å². The van der Waals surface area contributed by atoms with Gasteiger partial charge in [0.2, 0.25) is 0 Å². The molecule has 0 radical (unpaired) electrons. The molecule has 1 amide bonds. The fourth-order valence-corrected chi connectivity index (χ4v) is 4.32. The summed E-state index contributed by atoms with van der Waals surface area (Å²) >= 11 is 3.49. The monoisotopic (exact) mass is 548 g/mol. The predicted octanol–water partition coefficient (Wildman–Crippen LogP) is 6.82. The third kappa shape index (κ3) is 6.64. The molecule has 2 aromatic rings. The van der Waals surface area contributed by atoms with E-state index < -0.39 is 6.04 Å². The van der Waals surface area contributed by atoms with E-state index in [2.05, 4.69) is 29.1 Å². The minimum atomic E-state index is -0.546. The second kappa shape index (κ2) is 12.5. The van der Waals surface area contributed by atoms with Gasteiger partial charge >= 0.3 is 0 Å². The lowest BCUT2D eigenvalue weighted by molar-refractivity contribution is -0.131. The van der Waals surface area contributed by atoms with Crippen molar-refractivity contribution in [2.24, 2.45) is 0 Å². The molecule has 0 bridgehead atoms. The Morgan fingerprint density at radius 1 is 1.17 bits per heavy atom. The van der Waals surface area contributed by atoms with Crippen LogP contribution in [0.4, 0.5) is 0 Å². The zero-order valence-corrected chi connectivity index (χ0v) is 22.7. The first-order valence-corrected chi connectivity index (χ1v) is 12.8. The largest absolute Gasteiger partial charge is 0.485 e. The molecule has 1 unspecified atom stereocenters. The number of benzene rings is 2. The molecule has 0 saturated carbocycles. The first-order valence-electron chi connectivity index (χ1n) is 12.0. The van der Waals surface area contributed by atoms with Crippen LogP contribution in [0.5, 0.6) is 0 Å². The van der Waals surface area contributed by atoms with Crippen molar-refractivity contribution in [3.63, 3.8) is 0 Å². The van der Waals surface area contributed by atoms with Gasteiger partial charge in [0.1, 0.15) is 0 Å². The van der Waals surface area contributed by atoms with Gasteiger partial charge in [-0.2, -0.15) is 0 Å². The second-order valence-corrected chi connectivity index (χ2v) is 9.91. The average molecular weight is 550 g/mol. The summed E-state index contributed by atoms with van der Waals surface area (Å²) in [5, 5.41) is 0. The van der Waals surface area contributed by atoms with Gasteiger partial charge in [0.15, 0.2) is 11.5 Å². The van der Waals surface area contributed by atoms with Gasteiger partial charge in [-0.15, -0.1) is 0 Å². The molecule has 1 aliphatic rings. The minimum absolute atomic E-state index is 0.134. The number of ether oxygens (including phenoxy) is 1. The molecule has 1 atom stereocenters. The van der Waals surface area contributed by atoms with Gasteiger partial charge in [0, 0.05) is 29.3 Å². The smallest absolute Gasteiger partial charge is 0.290 e. The first kappa shape index (κ1) is 27.2. The van der Waals surface area contributed by atoms with Crippen molar-refractivity contribution in [3.05, 3.63) is 119 Å². The number of hydrogen-bond acceptors (Lipinski definition) is 4. The fraction of sp³-hybridized carbons (Fsp3) is 0.267. The summed E-state index contributed by atoms with van der Waals surface area (Å²) in [5.74, 6) is -0.333. The van der Waals surface area contributed by atoms with Crippen molar-refractivity contribution < 1.29 is 14.3 Å². The molecule has 0 spiro atoms. The Morgan fingerprint density at radius 3 is 2.42 bits per heavy atom. The molecule has 2 aromatic carbocycles. The normalized spacial score (nSPS) is 15.6. The third-order valence-electron chi connectivity index (χ3n) is 5.71. The Hall–Kier alpha value is -3.38. The zero-order valence-electron chi connectivity index (χ0n) is 21.1. The summed E-state index contributed by atoms with van der Waals surface area (Å²) in [6, 6.07) is 16.2. The Kier molecular flexibility index (Phi) is 9.48. The van der Waals surface area contributed by atoms with Crippen LogP contribution in [-0.2, 0) is 9.53 Å². The molecule has 0 N–H and O–H groups in total. The Balaban J connectivity index is 1.99. The Bertz CT molecular complexity index is 1170. The molecule has 1 heterocycles. The quantitative estimate of drug-likeness (QED) is 0.215. The molecule has 1 aliphatic heterocycles. The van der Waals surface area contributed by atoms with Crippen molar-refractivity contribution in [1.82, 2.24) is 9.80 Å². The van der Waals surface area contributed by atoms with E-state index in [0.29, 0.717) is 30.6 Å². The highest BCUT2D eigenvalue weighted by atomic mass is 79.9. The highest BCUT2D eigenvalue weighted by Crippen LogP contribution is 2.41. The van der Waals surface area contributed by atoms with E-state index in [1.807, 2.05) is 80.4 Å². The molecular weight excluding hydrogens is 516 g/mol. The number of nitrogens with zero attached hydrogens (tertiary/aromatic N) is 2. The number of halogens is 1. The van der Waals surface area contributed by atoms with Gasteiger partial charge in [-0.25, -0.2) is 0 Å². The van der Waals surface area contributed by atoms with Gasteiger partial charge in [0.25, 0.3) is 5.91 Å². The molecule has 0 aromatic heterocycles. The summed E-state index contributed by atoms with van der Waals surface area (Å²) in [4.78, 5) is 31.2. The van der Waals surface area contributed by atoms with Crippen LogP contribution in [0.3, 0.4) is 0 Å². The third-order valence-corrected chi connectivity index (χ3v) is 6.23. The Morgan fingerprint density at radius 2 is 1.83 bits per heavy atom. The minimum Gasteiger partial charge on any atom is -0.485 e. The van der Waals surface area contributed by atoms with Crippen LogP contribution in [0.2, 0.25) is 0 Å². The van der Waals surface area contributed by atoms with Crippen molar-refractivity contribution in [1.29, 1.82) is 0 Å². The number of Topliss-reactive ketones (excluding diaryl/α,β-unsaturated/α-hetero) is 1. The van der Waals surface area contributed by atoms with Crippen LogP contribution in [0.1, 0.15) is 49.2 Å². The van der Waals surface area contributed by atoms with E-state index in [1.54, 1.807) is 23.2 Å². The highest BCUT2D eigenvalue weighted by molar-refractivity contribution is 9.10. The number of carbonyl (C=O) groups is 2. The van der Waals surface area contributed by atoms with Crippen LogP contribution in [-0.4, -0.2) is 40.7 Å². The maximum absolute atomic E-state index is 13.8. The SMILES string of the molecule is C=CN(/C=C\C(=C)C)CCCN1C(=O)C(OC(C)C)=C(C(=O)c2ccccc2)C1c1ccc(Br)cc1. The maximum Gasteiger partial charge on any atom is 0.290 e. The van der Waals surface area contributed by atoms with Gasteiger partial charge < -0.3 is 14.5 Å². The number of allylic oxidation sites excluding steroid dienone is 2. The summed E-state index contributed by atoms with van der Waals surface area (Å²) in [6.07, 6.45) is 6.00. The zero-order chi connectivity index (χ0) is 26.2. The van der Waals surface area contributed by atoms with Gasteiger partial charge in [-0.05, 0) is 57.2 Å². The van der Waals surface area contributed by atoms with E-state index in [9.17, 15) is 9.59 Å². The van der Waals surface area contributed by atoms with Gasteiger partial charge in [-0.3, -0.25) is 9.59 Å². The predicted molar refractivity (Wildman–Crippen MR) is 148 cm³/mol. The number of carbonyl (C=O) groups excluding carboxylic acids is 2. The van der Waals surface area contributed by atoms with Gasteiger partial charge in [0.05, 0.1) is 17.7 Å². The van der Waals surface area contributed by atoms with Crippen LogP contribution in [0.25, 0.3) is 0 Å². The van der Waals surface area contributed by atoms with Crippen LogP contribution in [0.15, 0.2) is 108 Å². The summed E-state index contributed by atoms with van der Waals surface area (Å²) in [5.41, 5.74) is 2.70. The van der Waals surface area contributed by atoms with E-state index in [0.717, 1.165) is 15.6 Å². The molecule has 0 fully saturated rings.